The zero-order valence-corrected chi connectivity index (χ0v) is 17.1. The van der Waals surface area contributed by atoms with Crippen molar-refractivity contribution in [2.24, 2.45) is 0 Å². The molecule has 0 spiro atoms. The SMILES string of the molecule is N#CC1(c2cccc(C(=O)Nc3cc(Oc4ccc([N+](=O)[O-])cn4)ccc3F)c2Cl)CC1. The van der Waals surface area contributed by atoms with E-state index >= 15 is 0 Å². The van der Waals surface area contributed by atoms with Gasteiger partial charge in [-0.15, -0.1) is 0 Å². The third-order valence-electron chi connectivity index (χ3n) is 5.06. The van der Waals surface area contributed by atoms with E-state index in [1.54, 1.807) is 12.1 Å². The van der Waals surface area contributed by atoms with Crippen molar-refractivity contribution in [3.8, 4) is 17.7 Å². The molecule has 0 unspecified atom stereocenters. The van der Waals surface area contributed by atoms with Gasteiger partial charge in [-0.3, -0.25) is 14.9 Å². The molecule has 3 aromatic rings. The molecular weight excluding hydrogens is 439 g/mol. The number of hydrogen-bond donors (Lipinski definition) is 1. The number of hydrogen-bond acceptors (Lipinski definition) is 6. The third-order valence-corrected chi connectivity index (χ3v) is 5.47. The Labute approximate surface area is 186 Å². The van der Waals surface area contributed by atoms with E-state index in [1.165, 1.54) is 30.3 Å². The van der Waals surface area contributed by atoms with Gasteiger partial charge in [-0.25, -0.2) is 9.37 Å². The van der Waals surface area contributed by atoms with Gasteiger partial charge in [0.25, 0.3) is 11.6 Å². The number of pyridine rings is 1. The number of ether oxygens (including phenoxy) is 1. The standard InChI is InChI=1S/C22H14ClFN4O4/c23-20-15(2-1-3-16(20)22(12-25)8-9-22)21(29)27-18-10-14(5-6-17(18)24)32-19-7-4-13(11-26-19)28(30)31/h1-7,10-11H,8-9H2,(H,27,29). The van der Waals surface area contributed by atoms with E-state index in [0.29, 0.717) is 18.4 Å². The van der Waals surface area contributed by atoms with E-state index in [0.717, 1.165) is 12.3 Å². The van der Waals surface area contributed by atoms with Gasteiger partial charge in [0, 0.05) is 18.2 Å². The molecule has 4 rings (SSSR count). The smallest absolute Gasteiger partial charge is 0.287 e. The lowest BCUT2D eigenvalue weighted by molar-refractivity contribution is -0.385. The molecule has 0 saturated heterocycles. The Bertz CT molecular complexity index is 1270. The van der Waals surface area contributed by atoms with E-state index in [4.69, 9.17) is 16.3 Å². The molecule has 1 heterocycles. The van der Waals surface area contributed by atoms with Crippen LogP contribution in [0.5, 0.6) is 11.6 Å². The normalized spacial score (nSPS) is 13.7. The molecule has 0 atom stereocenters. The fraction of sp³-hybridized carbons (Fsp3) is 0.136. The molecule has 10 heteroatoms. The lowest BCUT2D eigenvalue weighted by Crippen LogP contribution is -2.15. The third kappa shape index (κ3) is 4.08. The van der Waals surface area contributed by atoms with Gasteiger partial charge in [0.15, 0.2) is 0 Å². The molecule has 0 bridgehead atoms. The number of anilines is 1. The Morgan fingerprint density at radius 2 is 2.06 bits per heavy atom. The average molecular weight is 453 g/mol. The van der Waals surface area contributed by atoms with Crippen LogP contribution in [0.15, 0.2) is 54.7 Å². The average Bonchev–Trinajstić information content (AvgIpc) is 3.57. The first-order valence-electron chi connectivity index (χ1n) is 9.42. The van der Waals surface area contributed by atoms with Gasteiger partial charge in [0.1, 0.15) is 17.8 Å². The monoisotopic (exact) mass is 452 g/mol. The van der Waals surface area contributed by atoms with Crippen LogP contribution in [-0.2, 0) is 5.41 Å². The maximum absolute atomic E-state index is 14.3. The minimum absolute atomic E-state index is 0.0569. The number of nitrogens with zero attached hydrogens (tertiary/aromatic N) is 3. The van der Waals surface area contributed by atoms with Crippen LogP contribution in [-0.4, -0.2) is 15.8 Å². The summed E-state index contributed by atoms with van der Waals surface area (Å²) in [5.41, 5.74) is -0.334. The van der Waals surface area contributed by atoms with Gasteiger partial charge in [-0.2, -0.15) is 5.26 Å². The number of aromatic nitrogens is 1. The summed E-state index contributed by atoms with van der Waals surface area (Å²) < 4.78 is 19.8. The summed E-state index contributed by atoms with van der Waals surface area (Å²) in [7, 11) is 0. The van der Waals surface area contributed by atoms with Crippen LogP contribution in [0.4, 0.5) is 15.8 Å². The molecule has 1 N–H and O–H groups in total. The summed E-state index contributed by atoms with van der Waals surface area (Å²) in [6.45, 7) is 0. The topological polar surface area (TPSA) is 118 Å². The van der Waals surface area contributed by atoms with Crippen LogP contribution in [0.1, 0.15) is 28.8 Å². The van der Waals surface area contributed by atoms with E-state index in [1.807, 2.05) is 0 Å². The lowest BCUT2D eigenvalue weighted by Gasteiger charge is -2.14. The fourth-order valence-electron chi connectivity index (χ4n) is 3.16. The molecule has 1 saturated carbocycles. The quantitative estimate of drug-likeness (QED) is 0.396. The van der Waals surface area contributed by atoms with Gasteiger partial charge < -0.3 is 10.1 Å². The number of carbonyl (C=O) groups excluding carboxylic acids is 1. The molecule has 0 aliphatic heterocycles. The van der Waals surface area contributed by atoms with Gasteiger partial charge >= 0.3 is 0 Å². The number of amides is 1. The van der Waals surface area contributed by atoms with Crippen LogP contribution in [0, 0.1) is 27.3 Å². The molecule has 1 aliphatic rings. The number of nitriles is 1. The largest absolute Gasteiger partial charge is 0.439 e. The van der Waals surface area contributed by atoms with Crippen molar-refractivity contribution in [2.75, 3.05) is 5.32 Å². The minimum atomic E-state index is -0.703. The maximum atomic E-state index is 14.3. The summed E-state index contributed by atoms with van der Waals surface area (Å²) in [6.07, 6.45) is 2.36. The van der Waals surface area contributed by atoms with Crippen molar-refractivity contribution in [3.63, 3.8) is 0 Å². The van der Waals surface area contributed by atoms with E-state index in [9.17, 15) is 24.6 Å². The summed E-state index contributed by atoms with van der Waals surface area (Å²) in [4.78, 5) is 26.7. The molecule has 160 valence electrons. The highest BCUT2D eigenvalue weighted by molar-refractivity contribution is 6.35. The molecule has 1 aliphatic carbocycles. The Hall–Kier alpha value is -4.03. The highest BCUT2D eigenvalue weighted by Crippen LogP contribution is 2.50. The Morgan fingerprint density at radius 3 is 2.69 bits per heavy atom. The van der Waals surface area contributed by atoms with Crippen LogP contribution in [0.2, 0.25) is 5.02 Å². The highest BCUT2D eigenvalue weighted by atomic mass is 35.5. The van der Waals surface area contributed by atoms with Gasteiger partial charge in [0.05, 0.1) is 32.7 Å². The minimum Gasteiger partial charge on any atom is -0.439 e. The fourth-order valence-corrected chi connectivity index (χ4v) is 3.55. The molecule has 1 amide bonds. The number of carbonyl (C=O) groups is 1. The first-order valence-corrected chi connectivity index (χ1v) is 9.80. The summed E-state index contributed by atoms with van der Waals surface area (Å²) in [6, 6.07) is 13.3. The van der Waals surface area contributed by atoms with Crippen molar-refractivity contribution in [1.82, 2.24) is 4.98 Å². The van der Waals surface area contributed by atoms with E-state index in [2.05, 4.69) is 16.4 Å². The lowest BCUT2D eigenvalue weighted by atomic mass is 9.95. The van der Waals surface area contributed by atoms with Crippen molar-refractivity contribution in [1.29, 1.82) is 5.26 Å². The number of rotatable bonds is 6. The zero-order chi connectivity index (χ0) is 22.9. The van der Waals surface area contributed by atoms with Crippen LogP contribution in [0.25, 0.3) is 0 Å². The summed E-state index contributed by atoms with van der Waals surface area (Å²) in [5, 5.41) is 22.8. The second kappa shape index (κ2) is 8.24. The molecule has 2 aromatic carbocycles. The van der Waals surface area contributed by atoms with Crippen molar-refractivity contribution < 1.29 is 18.8 Å². The Morgan fingerprint density at radius 1 is 1.28 bits per heavy atom. The first-order chi connectivity index (χ1) is 15.3. The van der Waals surface area contributed by atoms with Crippen molar-refractivity contribution in [2.45, 2.75) is 18.3 Å². The number of nitrogens with one attached hydrogen (secondary N) is 1. The van der Waals surface area contributed by atoms with Crippen LogP contribution >= 0.6 is 11.6 Å². The first kappa shape index (κ1) is 21.2. The maximum Gasteiger partial charge on any atom is 0.287 e. The second-order valence-electron chi connectivity index (χ2n) is 7.17. The molecular formula is C22H14ClFN4O4. The van der Waals surface area contributed by atoms with E-state index < -0.39 is 22.1 Å². The van der Waals surface area contributed by atoms with Gasteiger partial charge in [-0.1, -0.05) is 23.7 Å². The molecule has 32 heavy (non-hydrogen) atoms. The molecule has 1 aromatic heterocycles. The number of benzene rings is 2. The van der Waals surface area contributed by atoms with Gasteiger partial charge in [0.2, 0.25) is 5.88 Å². The number of halogens is 2. The zero-order valence-electron chi connectivity index (χ0n) is 16.3. The Kier molecular flexibility index (Phi) is 5.47. The highest BCUT2D eigenvalue weighted by Gasteiger charge is 2.46. The number of nitro groups is 1. The predicted molar refractivity (Wildman–Crippen MR) is 113 cm³/mol. The van der Waals surface area contributed by atoms with Crippen molar-refractivity contribution >= 4 is 28.9 Å². The molecule has 0 radical (unpaired) electrons. The van der Waals surface area contributed by atoms with Gasteiger partial charge in [-0.05, 0) is 36.6 Å². The van der Waals surface area contributed by atoms with E-state index in [-0.39, 0.29) is 33.6 Å². The van der Waals surface area contributed by atoms with Crippen LogP contribution in [0.3, 0.4) is 0 Å². The second-order valence-corrected chi connectivity index (χ2v) is 7.55. The van der Waals surface area contributed by atoms with Crippen LogP contribution < -0.4 is 10.1 Å². The predicted octanol–water partition coefficient (Wildman–Crippen LogP) is 5.38. The molecule has 8 nitrogen and oxygen atoms in total. The Balaban J connectivity index is 1.55. The summed E-state index contributed by atoms with van der Waals surface area (Å²) in [5.74, 6) is -1.13. The molecule has 1 fully saturated rings. The van der Waals surface area contributed by atoms with Crippen molar-refractivity contribution in [3.05, 3.63) is 86.8 Å². The summed E-state index contributed by atoms with van der Waals surface area (Å²) >= 11 is 6.40.